The lowest BCUT2D eigenvalue weighted by molar-refractivity contribution is 0.101. The maximum Gasteiger partial charge on any atom is 0.196 e. The minimum Gasteiger partial charge on any atom is -0.496 e. The molecular formula is C23H18FN3O2S. The van der Waals surface area contributed by atoms with E-state index in [0.717, 1.165) is 5.56 Å². The van der Waals surface area contributed by atoms with Crippen LogP contribution in [0.3, 0.4) is 0 Å². The number of ether oxygens (including phenoxy) is 1. The Hall–Kier alpha value is -3.45. The fourth-order valence-corrected chi connectivity index (χ4v) is 3.88. The molecule has 150 valence electrons. The Morgan fingerprint density at radius 1 is 0.967 bits per heavy atom. The number of Topliss-reactive ketones (excluding diaryl/α,β-unsaturated/α-hetero) is 1. The Balaban J connectivity index is 1.67. The molecule has 4 aromatic rings. The number of benzene rings is 3. The number of carbonyl (C=O) groups is 1. The highest BCUT2D eigenvalue weighted by Gasteiger charge is 2.19. The third kappa shape index (κ3) is 4.11. The maximum absolute atomic E-state index is 13.5. The van der Waals surface area contributed by atoms with Gasteiger partial charge in [-0.1, -0.05) is 54.2 Å². The summed E-state index contributed by atoms with van der Waals surface area (Å²) in [6, 6.07) is 22.8. The van der Waals surface area contributed by atoms with Crippen LogP contribution in [0.15, 0.2) is 84.0 Å². The Morgan fingerprint density at radius 2 is 1.67 bits per heavy atom. The summed E-state index contributed by atoms with van der Waals surface area (Å²) in [6.45, 7) is 0. The number of methoxy groups -OCH3 is 1. The number of hydrogen-bond donors (Lipinski definition) is 0. The van der Waals surface area contributed by atoms with E-state index in [4.69, 9.17) is 4.74 Å². The number of rotatable bonds is 7. The summed E-state index contributed by atoms with van der Waals surface area (Å²) in [6.07, 6.45) is 0. The highest BCUT2D eigenvalue weighted by molar-refractivity contribution is 7.99. The van der Waals surface area contributed by atoms with Gasteiger partial charge in [0.15, 0.2) is 16.8 Å². The average molecular weight is 419 g/mol. The van der Waals surface area contributed by atoms with Crippen molar-refractivity contribution in [2.24, 2.45) is 0 Å². The van der Waals surface area contributed by atoms with Gasteiger partial charge in [0.25, 0.3) is 0 Å². The summed E-state index contributed by atoms with van der Waals surface area (Å²) < 4.78 is 20.6. The zero-order chi connectivity index (χ0) is 20.9. The van der Waals surface area contributed by atoms with Gasteiger partial charge < -0.3 is 4.74 Å². The molecule has 0 saturated heterocycles. The molecular weight excluding hydrogens is 401 g/mol. The van der Waals surface area contributed by atoms with Crippen molar-refractivity contribution in [1.29, 1.82) is 0 Å². The monoisotopic (exact) mass is 419 g/mol. The van der Waals surface area contributed by atoms with Crippen molar-refractivity contribution in [3.05, 3.63) is 90.2 Å². The number of para-hydroxylation sites is 1. The Kier molecular flexibility index (Phi) is 5.90. The predicted molar refractivity (Wildman–Crippen MR) is 115 cm³/mol. The molecule has 7 heteroatoms. The highest BCUT2D eigenvalue weighted by atomic mass is 32.2. The van der Waals surface area contributed by atoms with Gasteiger partial charge in [-0.15, -0.1) is 10.2 Å². The van der Waals surface area contributed by atoms with Crippen LogP contribution in [0.2, 0.25) is 0 Å². The highest BCUT2D eigenvalue weighted by Crippen LogP contribution is 2.29. The van der Waals surface area contributed by atoms with Crippen LogP contribution in [0, 0.1) is 5.82 Å². The van der Waals surface area contributed by atoms with Gasteiger partial charge in [-0.2, -0.15) is 0 Å². The molecule has 0 atom stereocenters. The third-order valence-corrected chi connectivity index (χ3v) is 5.42. The molecule has 4 rings (SSSR count). The van der Waals surface area contributed by atoms with Crippen molar-refractivity contribution < 1.29 is 13.9 Å². The lowest BCUT2D eigenvalue weighted by atomic mass is 10.1. The van der Waals surface area contributed by atoms with E-state index < -0.39 is 0 Å². The second-order valence-electron chi connectivity index (χ2n) is 6.40. The number of halogens is 1. The summed E-state index contributed by atoms with van der Waals surface area (Å²) in [4.78, 5) is 12.8. The van der Waals surface area contributed by atoms with Crippen LogP contribution in [0.1, 0.15) is 10.4 Å². The minimum atomic E-state index is -0.325. The number of ketones is 1. The van der Waals surface area contributed by atoms with Crippen LogP contribution in [0.25, 0.3) is 17.1 Å². The number of aromatic nitrogens is 3. The Labute approximate surface area is 177 Å². The van der Waals surface area contributed by atoms with E-state index in [0.29, 0.717) is 28.0 Å². The zero-order valence-electron chi connectivity index (χ0n) is 16.2. The van der Waals surface area contributed by atoms with Crippen LogP contribution in [0.4, 0.5) is 4.39 Å². The molecule has 1 heterocycles. The first-order valence-electron chi connectivity index (χ1n) is 9.23. The van der Waals surface area contributed by atoms with Gasteiger partial charge >= 0.3 is 0 Å². The van der Waals surface area contributed by atoms with Crippen molar-refractivity contribution in [2.75, 3.05) is 12.9 Å². The SMILES string of the molecule is COc1ccccc1C(=O)CSc1nnc(-c2ccccc2)n1-c1ccc(F)cc1. The number of carbonyl (C=O) groups excluding carboxylic acids is 1. The lowest BCUT2D eigenvalue weighted by Crippen LogP contribution is -2.06. The summed E-state index contributed by atoms with van der Waals surface area (Å²) in [7, 11) is 1.54. The average Bonchev–Trinajstić information content (AvgIpc) is 3.22. The Bertz CT molecular complexity index is 1160. The topological polar surface area (TPSA) is 57.0 Å². The molecule has 0 bridgehead atoms. The van der Waals surface area contributed by atoms with Gasteiger partial charge in [0.1, 0.15) is 11.6 Å². The fourth-order valence-electron chi connectivity index (χ4n) is 3.04. The second-order valence-corrected chi connectivity index (χ2v) is 7.34. The van der Waals surface area contributed by atoms with Gasteiger partial charge in [0, 0.05) is 11.3 Å². The van der Waals surface area contributed by atoms with E-state index in [9.17, 15) is 9.18 Å². The normalized spacial score (nSPS) is 10.7. The Morgan fingerprint density at radius 3 is 2.40 bits per heavy atom. The fraction of sp³-hybridized carbons (Fsp3) is 0.0870. The largest absolute Gasteiger partial charge is 0.496 e. The molecule has 0 aliphatic rings. The molecule has 0 aliphatic carbocycles. The molecule has 3 aromatic carbocycles. The first-order valence-corrected chi connectivity index (χ1v) is 10.2. The molecule has 0 unspecified atom stereocenters. The molecule has 0 N–H and O–H groups in total. The smallest absolute Gasteiger partial charge is 0.196 e. The van der Waals surface area contributed by atoms with Crippen molar-refractivity contribution >= 4 is 17.5 Å². The minimum absolute atomic E-state index is 0.0765. The van der Waals surface area contributed by atoms with Crippen LogP contribution >= 0.6 is 11.8 Å². The van der Waals surface area contributed by atoms with E-state index in [1.165, 1.54) is 31.0 Å². The first kappa shape index (κ1) is 19.8. The van der Waals surface area contributed by atoms with E-state index in [2.05, 4.69) is 10.2 Å². The summed E-state index contributed by atoms with van der Waals surface area (Å²) in [5.74, 6) is 0.914. The van der Waals surface area contributed by atoms with E-state index in [1.807, 2.05) is 41.0 Å². The molecule has 0 fully saturated rings. The van der Waals surface area contributed by atoms with Crippen molar-refractivity contribution in [3.63, 3.8) is 0 Å². The molecule has 1 aromatic heterocycles. The van der Waals surface area contributed by atoms with Gasteiger partial charge in [-0.3, -0.25) is 9.36 Å². The van der Waals surface area contributed by atoms with Crippen LogP contribution in [0.5, 0.6) is 5.75 Å². The van der Waals surface area contributed by atoms with E-state index >= 15 is 0 Å². The molecule has 5 nitrogen and oxygen atoms in total. The summed E-state index contributed by atoms with van der Waals surface area (Å²) >= 11 is 1.27. The van der Waals surface area contributed by atoms with E-state index in [-0.39, 0.29) is 17.4 Å². The van der Waals surface area contributed by atoms with Gasteiger partial charge in [0.05, 0.1) is 18.4 Å². The number of thioether (sulfide) groups is 1. The van der Waals surface area contributed by atoms with Crippen LogP contribution in [-0.2, 0) is 0 Å². The molecule has 0 amide bonds. The quantitative estimate of drug-likeness (QED) is 0.310. The standard InChI is InChI=1S/C23H18FN3O2S/c1-29-21-10-6-5-9-19(21)20(28)15-30-23-26-25-22(16-7-3-2-4-8-16)27(23)18-13-11-17(24)12-14-18/h2-14H,15H2,1H3. The van der Waals surface area contributed by atoms with Crippen LogP contribution < -0.4 is 4.74 Å². The summed E-state index contributed by atoms with van der Waals surface area (Å²) in [5, 5.41) is 9.18. The predicted octanol–water partition coefficient (Wildman–Crippen LogP) is 5.06. The van der Waals surface area contributed by atoms with Crippen molar-refractivity contribution in [3.8, 4) is 22.8 Å². The molecule has 0 spiro atoms. The molecule has 0 saturated carbocycles. The molecule has 0 radical (unpaired) electrons. The lowest BCUT2D eigenvalue weighted by Gasteiger charge is -2.11. The summed E-state index contributed by atoms with van der Waals surface area (Å²) in [5.41, 5.74) is 2.10. The van der Waals surface area contributed by atoms with Crippen molar-refractivity contribution in [2.45, 2.75) is 5.16 Å². The molecule has 0 aliphatic heterocycles. The van der Waals surface area contributed by atoms with Crippen molar-refractivity contribution in [1.82, 2.24) is 14.8 Å². The number of hydrogen-bond acceptors (Lipinski definition) is 5. The molecule has 30 heavy (non-hydrogen) atoms. The van der Waals surface area contributed by atoms with Gasteiger partial charge in [-0.25, -0.2) is 4.39 Å². The second kappa shape index (κ2) is 8.92. The van der Waals surface area contributed by atoms with Crippen LogP contribution in [-0.4, -0.2) is 33.4 Å². The third-order valence-electron chi connectivity index (χ3n) is 4.49. The van der Waals surface area contributed by atoms with Gasteiger partial charge in [0.2, 0.25) is 0 Å². The van der Waals surface area contributed by atoms with E-state index in [1.54, 1.807) is 30.3 Å². The zero-order valence-corrected chi connectivity index (χ0v) is 17.0. The maximum atomic E-state index is 13.5. The number of nitrogens with zero attached hydrogens (tertiary/aromatic N) is 3. The van der Waals surface area contributed by atoms with Gasteiger partial charge in [-0.05, 0) is 36.4 Å². The first-order chi connectivity index (χ1) is 14.7.